The highest BCUT2D eigenvalue weighted by atomic mass is 35.5. The van der Waals surface area contributed by atoms with E-state index in [2.05, 4.69) is 44.6 Å². The van der Waals surface area contributed by atoms with E-state index in [1.165, 1.54) is 0 Å². The van der Waals surface area contributed by atoms with Gasteiger partial charge in [0.25, 0.3) is 5.91 Å². The lowest BCUT2D eigenvalue weighted by Crippen LogP contribution is -2.48. The molecule has 1 amide bonds. The smallest absolute Gasteiger partial charge is 0.274 e. The molecule has 2 heterocycles. The van der Waals surface area contributed by atoms with Gasteiger partial charge in [0.2, 0.25) is 0 Å². The lowest BCUT2D eigenvalue weighted by Gasteiger charge is -2.34. The number of carbonyl (C=O) groups is 1. The summed E-state index contributed by atoms with van der Waals surface area (Å²) >= 11 is 6.16. The van der Waals surface area contributed by atoms with Crippen molar-refractivity contribution in [2.24, 2.45) is 0 Å². The number of hydrogen-bond acceptors (Lipinski definition) is 4. The van der Waals surface area contributed by atoms with Crippen LogP contribution in [0, 0.1) is 0 Å². The Morgan fingerprint density at radius 3 is 2.37 bits per heavy atom. The van der Waals surface area contributed by atoms with Gasteiger partial charge in [-0.15, -0.1) is 0 Å². The number of hydrogen-bond donors (Lipinski definition) is 0. The predicted molar refractivity (Wildman–Crippen MR) is 120 cm³/mol. The van der Waals surface area contributed by atoms with E-state index in [0.717, 1.165) is 36.6 Å². The second kappa shape index (κ2) is 8.98. The van der Waals surface area contributed by atoms with Crippen molar-refractivity contribution in [3.05, 3.63) is 46.2 Å². The number of ether oxygens (including phenoxy) is 1. The topological polar surface area (TPSA) is 50.6 Å². The highest BCUT2D eigenvalue weighted by molar-refractivity contribution is 6.30. The average molecular weight is 433 g/mol. The number of piperazine rings is 1. The molecule has 0 N–H and O–H groups in total. The maximum atomic E-state index is 13.1. The zero-order valence-electron chi connectivity index (χ0n) is 18.9. The third kappa shape index (κ3) is 4.98. The summed E-state index contributed by atoms with van der Waals surface area (Å²) in [6, 6.07) is 7.64. The molecule has 1 fully saturated rings. The standard InChI is InChI=1S/C23H33ClN4O2/c1-16(2)20-14-19(25-28(20)23(3,4)5)22(29)27-11-9-26(10-12-27)15-17-13-18(24)7-8-21(17)30-6/h7-8,13-14,16H,9-12,15H2,1-6H3. The predicted octanol–water partition coefficient (Wildman–Crippen LogP) is 4.38. The van der Waals surface area contributed by atoms with E-state index in [1.807, 2.05) is 33.8 Å². The Balaban J connectivity index is 1.67. The van der Waals surface area contributed by atoms with Crippen LogP contribution in [0.15, 0.2) is 24.3 Å². The van der Waals surface area contributed by atoms with Crippen LogP contribution >= 0.6 is 11.6 Å². The third-order valence-electron chi connectivity index (χ3n) is 5.48. The van der Waals surface area contributed by atoms with Gasteiger partial charge in [-0.3, -0.25) is 14.4 Å². The second-order valence-electron chi connectivity index (χ2n) is 9.22. The summed E-state index contributed by atoms with van der Waals surface area (Å²) in [5, 5.41) is 5.38. The monoisotopic (exact) mass is 432 g/mol. The molecule has 1 saturated heterocycles. The first kappa shape index (κ1) is 22.6. The molecule has 30 heavy (non-hydrogen) atoms. The van der Waals surface area contributed by atoms with Crippen molar-refractivity contribution in [1.82, 2.24) is 19.6 Å². The molecule has 0 atom stereocenters. The van der Waals surface area contributed by atoms with Crippen LogP contribution in [0.1, 0.15) is 62.3 Å². The molecule has 1 aromatic heterocycles. The molecule has 6 nitrogen and oxygen atoms in total. The summed E-state index contributed by atoms with van der Waals surface area (Å²) in [7, 11) is 1.67. The molecule has 1 aliphatic rings. The van der Waals surface area contributed by atoms with Crippen LogP contribution in [0.2, 0.25) is 5.02 Å². The summed E-state index contributed by atoms with van der Waals surface area (Å²) in [5.41, 5.74) is 2.54. The molecule has 0 spiro atoms. The van der Waals surface area contributed by atoms with Crippen molar-refractivity contribution >= 4 is 17.5 Å². The number of amides is 1. The molecule has 0 unspecified atom stereocenters. The molecular weight excluding hydrogens is 400 g/mol. The number of aromatic nitrogens is 2. The lowest BCUT2D eigenvalue weighted by molar-refractivity contribution is 0.0620. The molecule has 0 aliphatic carbocycles. The summed E-state index contributed by atoms with van der Waals surface area (Å²) < 4.78 is 7.45. The fraction of sp³-hybridized carbons (Fsp3) is 0.565. The van der Waals surface area contributed by atoms with E-state index in [9.17, 15) is 4.79 Å². The Morgan fingerprint density at radius 1 is 1.17 bits per heavy atom. The Morgan fingerprint density at radius 2 is 1.83 bits per heavy atom. The van der Waals surface area contributed by atoms with Crippen molar-refractivity contribution in [3.8, 4) is 5.75 Å². The normalized spacial score (nSPS) is 15.7. The molecule has 0 radical (unpaired) electrons. The molecule has 0 saturated carbocycles. The Labute approximate surface area is 184 Å². The molecule has 0 bridgehead atoms. The second-order valence-corrected chi connectivity index (χ2v) is 9.65. The maximum Gasteiger partial charge on any atom is 0.274 e. The van der Waals surface area contributed by atoms with Gasteiger partial charge < -0.3 is 9.64 Å². The lowest BCUT2D eigenvalue weighted by atomic mass is 10.1. The number of methoxy groups -OCH3 is 1. The van der Waals surface area contributed by atoms with Crippen LogP contribution in [0.4, 0.5) is 0 Å². The van der Waals surface area contributed by atoms with E-state index in [4.69, 9.17) is 16.3 Å². The third-order valence-corrected chi connectivity index (χ3v) is 5.71. The number of carbonyl (C=O) groups excluding carboxylic acids is 1. The highest BCUT2D eigenvalue weighted by Gasteiger charge is 2.28. The number of rotatable bonds is 5. The van der Waals surface area contributed by atoms with Crippen LogP contribution in [-0.2, 0) is 12.1 Å². The molecule has 7 heteroatoms. The first-order valence-electron chi connectivity index (χ1n) is 10.5. The summed E-state index contributed by atoms with van der Waals surface area (Å²) in [5.74, 6) is 1.16. The average Bonchev–Trinajstić information content (AvgIpc) is 3.15. The quantitative estimate of drug-likeness (QED) is 0.703. The van der Waals surface area contributed by atoms with Crippen molar-refractivity contribution in [3.63, 3.8) is 0 Å². The molecular formula is C23H33ClN4O2. The molecule has 2 aromatic rings. The first-order valence-corrected chi connectivity index (χ1v) is 10.9. The summed E-state index contributed by atoms with van der Waals surface area (Å²) in [4.78, 5) is 17.4. The van der Waals surface area contributed by atoms with E-state index in [-0.39, 0.29) is 11.4 Å². The van der Waals surface area contributed by atoms with Gasteiger partial charge >= 0.3 is 0 Å². The van der Waals surface area contributed by atoms with Crippen LogP contribution in [0.5, 0.6) is 5.75 Å². The zero-order chi connectivity index (χ0) is 22.1. The Hall–Kier alpha value is -2.05. The van der Waals surface area contributed by atoms with Crippen LogP contribution < -0.4 is 4.74 Å². The van der Waals surface area contributed by atoms with Gasteiger partial charge in [-0.25, -0.2) is 0 Å². The van der Waals surface area contributed by atoms with Gasteiger partial charge in [0.15, 0.2) is 5.69 Å². The van der Waals surface area contributed by atoms with Crippen LogP contribution in [-0.4, -0.2) is 58.8 Å². The minimum atomic E-state index is -0.160. The SMILES string of the molecule is COc1ccc(Cl)cc1CN1CCN(C(=O)c2cc(C(C)C)n(C(C)(C)C)n2)CC1. The van der Waals surface area contributed by atoms with Crippen molar-refractivity contribution < 1.29 is 9.53 Å². The van der Waals surface area contributed by atoms with Gasteiger partial charge in [0.05, 0.1) is 12.6 Å². The fourth-order valence-electron chi connectivity index (χ4n) is 3.83. The number of halogens is 1. The Kier molecular flexibility index (Phi) is 6.78. The Bertz CT molecular complexity index is 893. The van der Waals surface area contributed by atoms with Crippen molar-refractivity contribution in [2.45, 2.75) is 52.6 Å². The number of nitrogens with zero attached hydrogens (tertiary/aromatic N) is 4. The molecule has 1 aromatic carbocycles. The summed E-state index contributed by atoms with van der Waals surface area (Å²) in [6.07, 6.45) is 0. The fourth-order valence-corrected chi connectivity index (χ4v) is 4.03. The van der Waals surface area contributed by atoms with E-state index in [0.29, 0.717) is 29.7 Å². The summed E-state index contributed by atoms with van der Waals surface area (Å²) in [6.45, 7) is 14.3. The zero-order valence-corrected chi connectivity index (χ0v) is 19.7. The number of benzene rings is 1. The van der Waals surface area contributed by atoms with Gasteiger partial charge in [-0.1, -0.05) is 25.4 Å². The van der Waals surface area contributed by atoms with Crippen LogP contribution in [0.25, 0.3) is 0 Å². The largest absolute Gasteiger partial charge is 0.496 e. The van der Waals surface area contributed by atoms with E-state index >= 15 is 0 Å². The highest BCUT2D eigenvalue weighted by Crippen LogP contribution is 2.26. The van der Waals surface area contributed by atoms with E-state index < -0.39 is 0 Å². The minimum Gasteiger partial charge on any atom is -0.496 e. The minimum absolute atomic E-state index is 0.0138. The molecule has 1 aliphatic heterocycles. The van der Waals surface area contributed by atoms with Gasteiger partial charge in [0, 0.05) is 49.0 Å². The van der Waals surface area contributed by atoms with Crippen molar-refractivity contribution in [1.29, 1.82) is 0 Å². The van der Waals surface area contributed by atoms with E-state index in [1.54, 1.807) is 7.11 Å². The first-order chi connectivity index (χ1) is 14.1. The molecule has 164 valence electrons. The maximum absolute atomic E-state index is 13.1. The van der Waals surface area contributed by atoms with Gasteiger partial charge in [0.1, 0.15) is 5.75 Å². The molecule has 3 rings (SSSR count). The van der Waals surface area contributed by atoms with Gasteiger partial charge in [-0.2, -0.15) is 5.10 Å². The van der Waals surface area contributed by atoms with Crippen molar-refractivity contribution in [2.75, 3.05) is 33.3 Å². The van der Waals surface area contributed by atoms with Gasteiger partial charge in [-0.05, 0) is 51.0 Å². The van der Waals surface area contributed by atoms with Crippen LogP contribution in [0.3, 0.4) is 0 Å².